The van der Waals surface area contributed by atoms with E-state index in [1.807, 2.05) is 42.2 Å². The van der Waals surface area contributed by atoms with Crippen LogP contribution in [-0.2, 0) is 22.2 Å². The van der Waals surface area contributed by atoms with Gasteiger partial charge in [0, 0.05) is 91.9 Å². The molecule has 5 fully saturated rings. The molecule has 6 aliphatic rings. The molecular formula is C57H63ClF4N8O7. The fourth-order valence-electron chi connectivity index (χ4n) is 13.8. The second kappa shape index (κ2) is 20.8. The Morgan fingerprint density at radius 1 is 0.896 bits per heavy atom. The molecule has 77 heavy (non-hydrogen) atoms. The van der Waals surface area contributed by atoms with Gasteiger partial charge in [0.15, 0.2) is 28.8 Å². The summed E-state index contributed by atoms with van der Waals surface area (Å²) in [4.78, 5) is 57.2. The van der Waals surface area contributed by atoms with Crippen LogP contribution in [0.15, 0.2) is 54.6 Å². The van der Waals surface area contributed by atoms with Gasteiger partial charge in [-0.3, -0.25) is 34.2 Å². The number of likely N-dealkylation sites (tertiary alicyclic amines) is 2. The molecular weight excluding hydrogens is 1020 g/mol. The van der Waals surface area contributed by atoms with Crippen LogP contribution in [0.25, 0.3) is 22.0 Å². The summed E-state index contributed by atoms with van der Waals surface area (Å²) in [6.45, 7) is 4.41. The highest BCUT2D eigenvalue weighted by Gasteiger charge is 2.53. The third-order valence-electron chi connectivity index (χ3n) is 18.0. The van der Waals surface area contributed by atoms with E-state index in [1.54, 1.807) is 7.05 Å². The normalized spacial score (nSPS) is 24.7. The van der Waals surface area contributed by atoms with Gasteiger partial charge in [-0.1, -0.05) is 48.9 Å². The Labute approximate surface area is 448 Å². The Bertz CT molecular complexity index is 3160. The van der Waals surface area contributed by atoms with E-state index in [2.05, 4.69) is 20.6 Å². The molecule has 4 aliphatic heterocycles. The largest absolute Gasteiger partial charge is 0.488 e. The van der Waals surface area contributed by atoms with Gasteiger partial charge < -0.3 is 30.5 Å². The smallest absolute Gasteiger partial charge is 0.329 e. The van der Waals surface area contributed by atoms with Crippen molar-refractivity contribution in [2.24, 2.45) is 24.1 Å². The van der Waals surface area contributed by atoms with Crippen LogP contribution in [0, 0.1) is 34.6 Å². The number of ether oxygens (including phenoxy) is 2. The standard InChI is InChI=1S/C57H63ClF4N8O7/c1-31-44-41(29-39(60)48(58)47(44)46-36(52(63)73)12-13-40(49(46)61)76-27-26-71)77-57(31,34-6-4-3-5-7-34)30-64-35-10-8-33(9-11-35)54(74)69-24-19-56(20-25-69)18-14-42(56)68-21-15-32(16-22-68)45-38(59)28-37-51(50(45)62)67(2)66-53(37)70-23-17-43(72)65-55(70)75/h3-7,12-13,28-29,31-33,35,42,64,71H,8-11,14-27,30H2,1-2H3,(H2,63,73)(H,65,72,75). The summed E-state index contributed by atoms with van der Waals surface area (Å²) in [6.07, 6.45) is 8.08. The number of piperidine rings is 2. The van der Waals surface area contributed by atoms with Gasteiger partial charge in [0.1, 0.15) is 29.5 Å². The van der Waals surface area contributed by atoms with E-state index >= 15 is 17.6 Å². The fourth-order valence-corrected chi connectivity index (χ4v) is 14.0. The number of anilines is 1. The second-order valence-electron chi connectivity index (χ2n) is 21.9. The molecule has 15 nitrogen and oxygen atoms in total. The van der Waals surface area contributed by atoms with Gasteiger partial charge in [-0.15, -0.1) is 0 Å². The summed E-state index contributed by atoms with van der Waals surface area (Å²) < 4.78 is 78.4. The predicted molar refractivity (Wildman–Crippen MR) is 280 cm³/mol. The maximum atomic E-state index is 16.5. The minimum Gasteiger partial charge on any atom is -0.488 e. The molecule has 5 aromatic rings. The number of halogens is 5. The van der Waals surface area contributed by atoms with Crippen LogP contribution in [0.1, 0.15) is 116 Å². The maximum absolute atomic E-state index is 16.5. The summed E-state index contributed by atoms with van der Waals surface area (Å²) in [7, 11) is 1.57. The quantitative estimate of drug-likeness (QED) is 0.0834. The van der Waals surface area contributed by atoms with Gasteiger partial charge >= 0.3 is 6.03 Å². The van der Waals surface area contributed by atoms with Gasteiger partial charge in [-0.2, -0.15) is 5.10 Å². The van der Waals surface area contributed by atoms with Crippen molar-refractivity contribution in [1.29, 1.82) is 0 Å². The molecule has 5 heterocycles. The van der Waals surface area contributed by atoms with Crippen LogP contribution in [0.3, 0.4) is 0 Å². The van der Waals surface area contributed by atoms with Crippen molar-refractivity contribution in [2.75, 3.05) is 57.4 Å². The minimum atomic E-state index is -1.13. The summed E-state index contributed by atoms with van der Waals surface area (Å²) >= 11 is 6.73. The number of carbonyl (C=O) groups excluding carboxylic acids is 4. The molecule has 1 spiro atoms. The monoisotopic (exact) mass is 1080 g/mol. The van der Waals surface area contributed by atoms with Gasteiger partial charge in [-0.25, -0.2) is 22.4 Å². The van der Waals surface area contributed by atoms with Crippen LogP contribution < -0.4 is 30.7 Å². The summed E-state index contributed by atoms with van der Waals surface area (Å²) in [5.41, 5.74) is 5.46. The predicted octanol–water partition coefficient (Wildman–Crippen LogP) is 8.56. The number of nitrogens with two attached hydrogens (primary N) is 1. The zero-order valence-corrected chi connectivity index (χ0v) is 43.9. The van der Waals surface area contributed by atoms with Gasteiger partial charge in [0.05, 0.1) is 22.6 Å². The van der Waals surface area contributed by atoms with Crippen LogP contribution >= 0.6 is 11.6 Å². The summed E-state index contributed by atoms with van der Waals surface area (Å²) in [6, 6.07) is 14.2. The number of amides is 5. The summed E-state index contributed by atoms with van der Waals surface area (Å²) in [5, 5.41) is 19.5. The van der Waals surface area contributed by atoms with Crippen LogP contribution in [0.4, 0.5) is 28.2 Å². The van der Waals surface area contributed by atoms with Crippen LogP contribution in [0.5, 0.6) is 11.5 Å². The van der Waals surface area contributed by atoms with E-state index in [-0.39, 0.29) is 106 Å². The zero-order valence-electron chi connectivity index (χ0n) is 43.1. The third kappa shape index (κ3) is 9.17. The van der Waals surface area contributed by atoms with Gasteiger partial charge in [-0.05, 0) is 112 Å². The van der Waals surface area contributed by atoms with Crippen molar-refractivity contribution < 1.29 is 51.3 Å². The second-order valence-corrected chi connectivity index (χ2v) is 22.3. The Morgan fingerprint density at radius 3 is 2.29 bits per heavy atom. The number of aliphatic hydroxyl groups is 1. The Balaban J connectivity index is 0.712. The molecule has 1 aromatic heterocycles. The van der Waals surface area contributed by atoms with Crippen molar-refractivity contribution in [2.45, 2.75) is 107 Å². The van der Waals surface area contributed by atoms with Crippen LogP contribution in [0.2, 0.25) is 5.02 Å². The molecule has 3 saturated heterocycles. The molecule has 3 atom stereocenters. The highest BCUT2D eigenvalue weighted by molar-refractivity contribution is 6.34. The zero-order chi connectivity index (χ0) is 54.1. The number of aryl methyl sites for hydroxylation is 1. The molecule has 3 unspecified atom stereocenters. The van der Waals surface area contributed by atoms with Crippen molar-refractivity contribution in [3.8, 4) is 22.6 Å². The SMILES string of the molecule is CC1c2c(cc(F)c(Cl)c2-c2c(C(N)=O)ccc(OCCO)c2F)OC1(CNC1CCC(C(=O)N2CCC3(CCC3N3CCC(c4c(F)cc5c(N6CCC(=O)NC6=O)nn(C)c5c4F)CC3)CC2)CC1)c1ccccc1. The summed E-state index contributed by atoms with van der Waals surface area (Å²) in [5.74, 6) is -5.40. The molecule has 4 aromatic carbocycles. The number of hydrogen-bond acceptors (Lipinski definition) is 10. The number of rotatable bonds is 13. The molecule has 5 N–H and O–H groups in total. The lowest BCUT2D eigenvalue weighted by atomic mass is 9.58. The van der Waals surface area contributed by atoms with Crippen LogP contribution in [-0.4, -0.2) is 113 Å². The Morgan fingerprint density at radius 2 is 1.62 bits per heavy atom. The Hall–Kier alpha value is -6.28. The van der Waals surface area contributed by atoms with Gasteiger partial charge in [0.25, 0.3) is 0 Å². The number of aliphatic hydroxyl groups excluding tert-OH is 1. The molecule has 2 aliphatic carbocycles. The lowest BCUT2D eigenvalue weighted by Gasteiger charge is -2.58. The van der Waals surface area contributed by atoms with Crippen molar-refractivity contribution in [3.63, 3.8) is 0 Å². The number of nitrogens with one attached hydrogen (secondary N) is 2. The van der Waals surface area contributed by atoms with Gasteiger partial charge in [0.2, 0.25) is 17.7 Å². The van der Waals surface area contributed by atoms with E-state index in [9.17, 15) is 24.3 Å². The number of hydrogen-bond donors (Lipinski definition) is 4. The molecule has 0 radical (unpaired) electrons. The minimum absolute atomic E-state index is 0.0322. The van der Waals surface area contributed by atoms with E-state index < -0.39 is 64.3 Å². The number of urea groups is 1. The highest BCUT2D eigenvalue weighted by Crippen LogP contribution is 2.57. The molecule has 11 rings (SSSR count). The average Bonchev–Trinajstić information content (AvgIpc) is 3.99. The third-order valence-corrected chi connectivity index (χ3v) is 18.4. The first kappa shape index (κ1) is 52.8. The first-order chi connectivity index (χ1) is 37.0. The number of fused-ring (bicyclic) bond motifs is 2. The molecule has 5 amide bonds. The first-order valence-electron chi connectivity index (χ1n) is 26.9. The molecule has 408 valence electrons. The van der Waals surface area contributed by atoms with E-state index in [0.717, 1.165) is 44.1 Å². The van der Waals surface area contributed by atoms with E-state index in [0.29, 0.717) is 63.5 Å². The number of imide groups is 1. The fraction of sp³-hybridized carbons (Fsp3) is 0.491. The maximum Gasteiger partial charge on any atom is 0.329 e. The lowest BCUT2D eigenvalue weighted by molar-refractivity contribution is -0.143. The molecule has 0 bridgehead atoms. The van der Waals surface area contributed by atoms with E-state index in [4.69, 9.17) is 26.8 Å². The van der Waals surface area contributed by atoms with E-state index in [1.165, 1.54) is 33.8 Å². The van der Waals surface area contributed by atoms with Crippen molar-refractivity contribution in [1.82, 2.24) is 30.2 Å². The highest BCUT2D eigenvalue weighted by atomic mass is 35.5. The first-order valence-corrected chi connectivity index (χ1v) is 27.3. The topological polar surface area (TPSA) is 185 Å². The number of carbonyl (C=O) groups is 4. The lowest BCUT2D eigenvalue weighted by Crippen LogP contribution is -2.61. The molecule has 20 heteroatoms. The number of nitrogens with zero attached hydrogens (tertiary/aromatic N) is 5. The van der Waals surface area contributed by atoms with Crippen molar-refractivity contribution >= 4 is 52.1 Å². The number of primary amides is 1. The molecule has 2 saturated carbocycles. The Kier molecular flexibility index (Phi) is 14.3. The average molecular weight is 1080 g/mol. The number of aromatic nitrogens is 2. The number of benzene rings is 4. The van der Waals surface area contributed by atoms with Crippen molar-refractivity contribution in [3.05, 3.63) is 105 Å².